The van der Waals surface area contributed by atoms with Gasteiger partial charge in [0, 0.05) is 6.04 Å². The maximum absolute atomic E-state index is 5.71. The number of hydrogen-bond acceptors (Lipinski definition) is 5. The van der Waals surface area contributed by atoms with Crippen LogP contribution in [0.5, 0.6) is 5.75 Å². The first kappa shape index (κ1) is 13.1. The van der Waals surface area contributed by atoms with Gasteiger partial charge in [-0.15, -0.1) is 10.2 Å². The second-order valence-electron chi connectivity index (χ2n) is 5.06. The van der Waals surface area contributed by atoms with E-state index in [0.717, 1.165) is 11.3 Å². The highest BCUT2D eigenvalue weighted by Crippen LogP contribution is 2.28. The Kier molecular flexibility index (Phi) is 3.97. The number of nitrogens with one attached hydrogen (secondary N) is 1. The zero-order chi connectivity index (χ0) is 13.8. The average Bonchev–Trinajstić information content (AvgIpc) is 3.16. The first-order valence-corrected chi connectivity index (χ1v) is 7.06. The van der Waals surface area contributed by atoms with E-state index in [1.807, 2.05) is 24.3 Å². The molecule has 20 heavy (non-hydrogen) atoms. The lowest BCUT2D eigenvalue weighted by Gasteiger charge is -2.08. The standard InChI is InChI=1S/C15H19N3O2/c1-19-13-9-5-4-8-12(13)15-18-17-14(20-15)10-16-11-6-2-3-7-11/h4-5,8-9,11,16H,2-3,6-7,10H2,1H3. The molecule has 0 amide bonds. The second-order valence-corrected chi connectivity index (χ2v) is 5.06. The lowest BCUT2D eigenvalue weighted by molar-refractivity contribution is 0.411. The molecule has 106 valence electrons. The van der Waals surface area contributed by atoms with Gasteiger partial charge in [0.05, 0.1) is 19.2 Å². The number of ether oxygens (including phenoxy) is 1. The number of para-hydroxylation sites is 1. The summed E-state index contributed by atoms with van der Waals surface area (Å²) < 4.78 is 11.0. The molecule has 0 atom stereocenters. The summed E-state index contributed by atoms with van der Waals surface area (Å²) in [5.41, 5.74) is 0.828. The molecule has 1 N–H and O–H groups in total. The van der Waals surface area contributed by atoms with Crippen molar-refractivity contribution in [1.82, 2.24) is 15.5 Å². The predicted octanol–water partition coefficient (Wildman–Crippen LogP) is 2.78. The first-order valence-electron chi connectivity index (χ1n) is 7.06. The van der Waals surface area contributed by atoms with Crippen molar-refractivity contribution in [2.45, 2.75) is 38.3 Å². The molecule has 1 fully saturated rings. The maximum atomic E-state index is 5.71. The Hall–Kier alpha value is -1.88. The third kappa shape index (κ3) is 2.82. The van der Waals surface area contributed by atoms with Crippen LogP contribution in [-0.2, 0) is 6.54 Å². The number of aromatic nitrogens is 2. The van der Waals surface area contributed by atoms with Gasteiger partial charge in [0.1, 0.15) is 5.75 Å². The molecule has 2 aromatic rings. The molecule has 0 spiro atoms. The van der Waals surface area contributed by atoms with Crippen molar-refractivity contribution in [2.24, 2.45) is 0 Å². The van der Waals surface area contributed by atoms with Crippen molar-refractivity contribution >= 4 is 0 Å². The van der Waals surface area contributed by atoms with E-state index < -0.39 is 0 Å². The van der Waals surface area contributed by atoms with E-state index in [9.17, 15) is 0 Å². The highest BCUT2D eigenvalue weighted by molar-refractivity contribution is 5.62. The van der Waals surface area contributed by atoms with Crippen LogP contribution in [0.2, 0.25) is 0 Å². The van der Waals surface area contributed by atoms with Crippen LogP contribution in [0.4, 0.5) is 0 Å². The SMILES string of the molecule is COc1ccccc1-c1nnc(CNC2CCCC2)o1. The fourth-order valence-electron chi connectivity index (χ4n) is 2.62. The third-order valence-electron chi connectivity index (χ3n) is 3.70. The minimum Gasteiger partial charge on any atom is -0.496 e. The number of nitrogens with zero attached hydrogens (tertiary/aromatic N) is 2. The lowest BCUT2D eigenvalue weighted by Crippen LogP contribution is -2.25. The Morgan fingerprint density at radius 3 is 2.85 bits per heavy atom. The van der Waals surface area contributed by atoms with Crippen molar-refractivity contribution in [3.8, 4) is 17.2 Å². The Labute approximate surface area is 118 Å². The smallest absolute Gasteiger partial charge is 0.251 e. The molecule has 0 aliphatic heterocycles. The number of hydrogen-bond donors (Lipinski definition) is 1. The van der Waals surface area contributed by atoms with E-state index in [0.29, 0.717) is 24.4 Å². The summed E-state index contributed by atoms with van der Waals surface area (Å²) in [6, 6.07) is 8.24. The molecule has 5 nitrogen and oxygen atoms in total. The van der Waals surface area contributed by atoms with Crippen LogP contribution in [0, 0.1) is 0 Å². The quantitative estimate of drug-likeness (QED) is 0.907. The molecule has 0 radical (unpaired) electrons. The Morgan fingerprint density at radius 2 is 2.05 bits per heavy atom. The van der Waals surface area contributed by atoms with Gasteiger partial charge in [-0.2, -0.15) is 0 Å². The Balaban J connectivity index is 1.69. The summed E-state index contributed by atoms with van der Waals surface area (Å²) in [4.78, 5) is 0. The van der Waals surface area contributed by atoms with Crippen molar-refractivity contribution in [1.29, 1.82) is 0 Å². The van der Waals surface area contributed by atoms with Gasteiger partial charge in [0.25, 0.3) is 5.89 Å². The van der Waals surface area contributed by atoms with E-state index in [-0.39, 0.29) is 0 Å². The summed E-state index contributed by atoms with van der Waals surface area (Å²) in [6.07, 6.45) is 5.11. The van der Waals surface area contributed by atoms with Gasteiger partial charge in [0.2, 0.25) is 5.89 Å². The summed E-state index contributed by atoms with van der Waals surface area (Å²) in [7, 11) is 1.64. The van der Waals surface area contributed by atoms with Crippen LogP contribution < -0.4 is 10.1 Å². The molecule has 3 rings (SSSR count). The van der Waals surface area contributed by atoms with E-state index in [1.165, 1.54) is 25.7 Å². The van der Waals surface area contributed by atoms with E-state index in [4.69, 9.17) is 9.15 Å². The molecule has 0 saturated heterocycles. The van der Waals surface area contributed by atoms with Gasteiger partial charge in [-0.05, 0) is 25.0 Å². The molecule has 0 unspecified atom stereocenters. The van der Waals surface area contributed by atoms with Crippen LogP contribution in [0.3, 0.4) is 0 Å². The molecule has 1 aromatic carbocycles. The normalized spacial score (nSPS) is 15.7. The van der Waals surface area contributed by atoms with Gasteiger partial charge in [-0.25, -0.2) is 0 Å². The maximum Gasteiger partial charge on any atom is 0.251 e. The fraction of sp³-hybridized carbons (Fsp3) is 0.467. The molecule has 1 aliphatic carbocycles. The van der Waals surface area contributed by atoms with Crippen LogP contribution >= 0.6 is 0 Å². The predicted molar refractivity (Wildman–Crippen MR) is 75.4 cm³/mol. The minimum absolute atomic E-state index is 0.505. The van der Waals surface area contributed by atoms with Crippen LogP contribution in [-0.4, -0.2) is 23.3 Å². The fourth-order valence-corrected chi connectivity index (χ4v) is 2.62. The van der Waals surface area contributed by atoms with Crippen molar-refractivity contribution in [3.63, 3.8) is 0 Å². The van der Waals surface area contributed by atoms with Gasteiger partial charge in [-0.3, -0.25) is 0 Å². The zero-order valence-electron chi connectivity index (χ0n) is 11.6. The molecule has 1 saturated carbocycles. The molecule has 1 aliphatic rings. The van der Waals surface area contributed by atoms with Gasteiger partial charge in [-0.1, -0.05) is 25.0 Å². The monoisotopic (exact) mass is 273 g/mol. The molecule has 5 heteroatoms. The van der Waals surface area contributed by atoms with E-state index in [2.05, 4.69) is 15.5 Å². The van der Waals surface area contributed by atoms with Gasteiger partial charge < -0.3 is 14.5 Å². The summed E-state index contributed by atoms with van der Waals surface area (Å²) in [6.45, 7) is 0.632. The second kappa shape index (κ2) is 6.05. The van der Waals surface area contributed by atoms with Gasteiger partial charge in [0.15, 0.2) is 0 Å². The average molecular weight is 273 g/mol. The van der Waals surface area contributed by atoms with Crippen LogP contribution in [0.15, 0.2) is 28.7 Å². The Bertz CT molecular complexity index is 562. The molecule has 1 aromatic heterocycles. The summed E-state index contributed by atoms with van der Waals surface area (Å²) in [5, 5.41) is 11.7. The highest BCUT2D eigenvalue weighted by Gasteiger charge is 2.16. The lowest BCUT2D eigenvalue weighted by atomic mass is 10.2. The molecular weight excluding hydrogens is 254 g/mol. The summed E-state index contributed by atoms with van der Waals surface area (Å²) in [5.74, 6) is 1.87. The zero-order valence-corrected chi connectivity index (χ0v) is 11.6. The number of methoxy groups -OCH3 is 1. The summed E-state index contributed by atoms with van der Waals surface area (Å²) >= 11 is 0. The van der Waals surface area contributed by atoms with E-state index >= 15 is 0 Å². The Morgan fingerprint density at radius 1 is 1.25 bits per heavy atom. The number of rotatable bonds is 5. The topological polar surface area (TPSA) is 60.2 Å². The van der Waals surface area contributed by atoms with Crippen molar-refractivity contribution in [3.05, 3.63) is 30.2 Å². The largest absolute Gasteiger partial charge is 0.496 e. The molecule has 1 heterocycles. The third-order valence-corrected chi connectivity index (χ3v) is 3.70. The highest BCUT2D eigenvalue weighted by atomic mass is 16.5. The van der Waals surface area contributed by atoms with Crippen LogP contribution in [0.1, 0.15) is 31.6 Å². The van der Waals surface area contributed by atoms with Crippen molar-refractivity contribution < 1.29 is 9.15 Å². The van der Waals surface area contributed by atoms with Crippen molar-refractivity contribution in [2.75, 3.05) is 7.11 Å². The van der Waals surface area contributed by atoms with Crippen LogP contribution in [0.25, 0.3) is 11.5 Å². The molecule has 0 bridgehead atoms. The van der Waals surface area contributed by atoms with E-state index in [1.54, 1.807) is 7.11 Å². The minimum atomic E-state index is 0.505. The first-order chi connectivity index (χ1) is 9.86. The molecular formula is C15H19N3O2. The van der Waals surface area contributed by atoms with Gasteiger partial charge >= 0.3 is 0 Å². The number of benzene rings is 1.